The van der Waals surface area contributed by atoms with Gasteiger partial charge < -0.3 is 5.11 Å². The molecular weight excluding hydrogens is 202 g/mol. The third-order valence-corrected chi connectivity index (χ3v) is 3.97. The van der Waals surface area contributed by atoms with Crippen molar-refractivity contribution in [3.05, 3.63) is 0 Å². The third kappa shape index (κ3) is 2.76. The van der Waals surface area contributed by atoms with Gasteiger partial charge in [-0.25, -0.2) is 0 Å². The van der Waals surface area contributed by atoms with E-state index in [1.165, 1.54) is 12.8 Å². The van der Waals surface area contributed by atoms with Crippen molar-refractivity contribution < 1.29 is 9.90 Å². The van der Waals surface area contributed by atoms with Crippen molar-refractivity contribution in [2.24, 2.45) is 5.41 Å². The minimum Gasteiger partial charge on any atom is -0.480 e. The molecule has 2 atom stereocenters. The number of rotatable bonds is 5. The van der Waals surface area contributed by atoms with E-state index in [0.29, 0.717) is 12.5 Å². The van der Waals surface area contributed by atoms with Gasteiger partial charge in [0, 0.05) is 6.04 Å². The molecule has 1 rings (SSSR count). The van der Waals surface area contributed by atoms with Gasteiger partial charge in [0.1, 0.15) is 5.54 Å². The van der Waals surface area contributed by atoms with Gasteiger partial charge in [0.25, 0.3) is 0 Å². The van der Waals surface area contributed by atoms with E-state index in [2.05, 4.69) is 19.2 Å². The molecule has 94 valence electrons. The zero-order valence-electron chi connectivity index (χ0n) is 11.0. The van der Waals surface area contributed by atoms with Crippen LogP contribution in [0.3, 0.4) is 0 Å². The van der Waals surface area contributed by atoms with Crippen molar-refractivity contribution in [2.45, 2.75) is 71.4 Å². The van der Waals surface area contributed by atoms with Gasteiger partial charge in [-0.15, -0.1) is 0 Å². The molecule has 0 saturated heterocycles. The van der Waals surface area contributed by atoms with E-state index in [4.69, 9.17) is 0 Å². The molecule has 0 aliphatic heterocycles. The van der Waals surface area contributed by atoms with Gasteiger partial charge in [-0.2, -0.15) is 0 Å². The fourth-order valence-electron chi connectivity index (χ4n) is 2.72. The summed E-state index contributed by atoms with van der Waals surface area (Å²) in [6, 6.07) is 0.333. The van der Waals surface area contributed by atoms with Gasteiger partial charge >= 0.3 is 5.97 Å². The number of aliphatic carboxylic acids is 1. The largest absolute Gasteiger partial charge is 0.480 e. The van der Waals surface area contributed by atoms with Crippen LogP contribution in [0.15, 0.2) is 0 Å². The quantitative estimate of drug-likeness (QED) is 0.759. The predicted octanol–water partition coefficient (Wildman–Crippen LogP) is 2.80. The zero-order chi connectivity index (χ0) is 12.4. The fourth-order valence-corrected chi connectivity index (χ4v) is 2.72. The first-order valence-electron chi connectivity index (χ1n) is 6.33. The van der Waals surface area contributed by atoms with Crippen LogP contribution in [0.4, 0.5) is 0 Å². The second-order valence-electron chi connectivity index (χ2n) is 5.96. The molecule has 0 aromatic heterocycles. The summed E-state index contributed by atoms with van der Waals surface area (Å²) in [5.41, 5.74) is -0.536. The van der Waals surface area contributed by atoms with E-state index >= 15 is 0 Å². The Morgan fingerprint density at radius 1 is 1.56 bits per heavy atom. The predicted molar refractivity (Wildman–Crippen MR) is 65.5 cm³/mol. The highest BCUT2D eigenvalue weighted by Gasteiger charge is 2.41. The second kappa shape index (κ2) is 4.74. The standard InChI is InChI=1S/C13H25NO2/c1-5-8-13(4,11(15)16)14-10-7-6-9-12(10,2)3/h10,14H,5-9H2,1-4H3,(H,15,16). The van der Waals surface area contributed by atoms with Crippen LogP contribution < -0.4 is 5.32 Å². The number of nitrogens with one attached hydrogen (secondary N) is 1. The number of carboxylic acid groups (broad SMARTS) is 1. The highest BCUT2D eigenvalue weighted by atomic mass is 16.4. The minimum atomic E-state index is -0.763. The fraction of sp³-hybridized carbons (Fsp3) is 0.923. The molecule has 3 nitrogen and oxygen atoms in total. The van der Waals surface area contributed by atoms with Crippen molar-refractivity contribution in [3.63, 3.8) is 0 Å². The smallest absolute Gasteiger partial charge is 0.323 e. The van der Waals surface area contributed by atoms with E-state index in [9.17, 15) is 9.90 Å². The molecule has 2 N–H and O–H groups in total. The van der Waals surface area contributed by atoms with Crippen LogP contribution >= 0.6 is 0 Å². The van der Waals surface area contributed by atoms with Crippen LogP contribution in [0.5, 0.6) is 0 Å². The maximum atomic E-state index is 11.3. The zero-order valence-corrected chi connectivity index (χ0v) is 11.0. The minimum absolute atomic E-state index is 0.227. The molecule has 1 aliphatic rings. The normalized spacial score (nSPS) is 27.6. The lowest BCUT2D eigenvalue weighted by Crippen LogP contribution is -2.56. The van der Waals surface area contributed by atoms with Crippen LogP contribution in [0.1, 0.15) is 59.8 Å². The molecule has 0 heterocycles. The number of carbonyl (C=O) groups is 1. The SMILES string of the molecule is CCCC(C)(NC1CCCC1(C)C)C(=O)O. The molecule has 16 heavy (non-hydrogen) atoms. The summed E-state index contributed by atoms with van der Waals surface area (Å²) in [6.07, 6.45) is 5.07. The Morgan fingerprint density at radius 3 is 2.56 bits per heavy atom. The average Bonchev–Trinajstić information content (AvgIpc) is 2.46. The van der Waals surface area contributed by atoms with Crippen molar-refractivity contribution >= 4 is 5.97 Å². The third-order valence-electron chi connectivity index (χ3n) is 3.97. The van der Waals surface area contributed by atoms with Gasteiger partial charge in [0.05, 0.1) is 0 Å². The molecule has 3 heteroatoms. The molecule has 0 bridgehead atoms. The van der Waals surface area contributed by atoms with E-state index < -0.39 is 11.5 Å². The summed E-state index contributed by atoms with van der Waals surface area (Å²) < 4.78 is 0. The molecule has 0 aromatic carbocycles. The number of hydrogen-bond acceptors (Lipinski definition) is 2. The summed E-state index contributed by atoms with van der Waals surface area (Å²) in [7, 11) is 0. The molecule has 2 unspecified atom stereocenters. The van der Waals surface area contributed by atoms with Crippen molar-refractivity contribution in [1.82, 2.24) is 5.32 Å². The van der Waals surface area contributed by atoms with Gasteiger partial charge in [0.2, 0.25) is 0 Å². The maximum Gasteiger partial charge on any atom is 0.323 e. The van der Waals surface area contributed by atoms with Gasteiger partial charge in [-0.1, -0.05) is 33.6 Å². The lowest BCUT2D eigenvalue weighted by atomic mass is 9.84. The topological polar surface area (TPSA) is 49.3 Å². The molecule has 0 radical (unpaired) electrons. The Kier molecular flexibility index (Phi) is 4.00. The van der Waals surface area contributed by atoms with Crippen LogP contribution in [-0.4, -0.2) is 22.7 Å². The second-order valence-corrected chi connectivity index (χ2v) is 5.96. The average molecular weight is 227 g/mol. The molecular formula is C13H25NO2. The van der Waals surface area contributed by atoms with Gasteiger partial charge in [-0.3, -0.25) is 10.1 Å². The highest BCUT2D eigenvalue weighted by molar-refractivity contribution is 5.78. The number of carboxylic acids is 1. The summed E-state index contributed by atoms with van der Waals surface area (Å²) in [5.74, 6) is -0.725. The van der Waals surface area contributed by atoms with E-state index in [1.54, 1.807) is 0 Å². The van der Waals surface area contributed by atoms with Crippen molar-refractivity contribution in [1.29, 1.82) is 0 Å². The van der Waals surface area contributed by atoms with E-state index in [0.717, 1.165) is 12.8 Å². The Morgan fingerprint density at radius 2 is 2.19 bits per heavy atom. The van der Waals surface area contributed by atoms with Crippen LogP contribution in [-0.2, 0) is 4.79 Å². The molecule has 0 aromatic rings. The van der Waals surface area contributed by atoms with Crippen molar-refractivity contribution in [3.8, 4) is 0 Å². The lowest BCUT2D eigenvalue weighted by Gasteiger charge is -2.36. The summed E-state index contributed by atoms with van der Waals surface area (Å²) in [6.45, 7) is 8.30. The summed E-state index contributed by atoms with van der Waals surface area (Å²) >= 11 is 0. The van der Waals surface area contributed by atoms with Crippen LogP contribution in [0.2, 0.25) is 0 Å². The monoisotopic (exact) mass is 227 g/mol. The Balaban J connectivity index is 2.72. The Bertz CT molecular complexity index is 263. The molecule has 0 spiro atoms. The maximum absolute atomic E-state index is 11.3. The molecule has 0 amide bonds. The Hall–Kier alpha value is -0.570. The van der Waals surface area contributed by atoms with E-state index in [-0.39, 0.29) is 5.41 Å². The first-order valence-corrected chi connectivity index (χ1v) is 6.33. The molecule has 1 fully saturated rings. The van der Waals surface area contributed by atoms with Gasteiger partial charge in [0.15, 0.2) is 0 Å². The first-order chi connectivity index (χ1) is 7.32. The summed E-state index contributed by atoms with van der Waals surface area (Å²) in [5, 5.41) is 12.7. The number of hydrogen-bond donors (Lipinski definition) is 2. The van der Waals surface area contributed by atoms with Gasteiger partial charge in [-0.05, 0) is 31.6 Å². The molecule has 1 saturated carbocycles. The Labute approximate surface area is 98.6 Å². The van der Waals surface area contributed by atoms with E-state index in [1.807, 2.05) is 13.8 Å². The van der Waals surface area contributed by atoms with Crippen molar-refractivity contribution in [2.75, 3.05) is 0 Å². The highest BCUT2D eigenvalue weighted by Crippen LogP contribution is 2.38. The van der Waals surface area contributed by atoms with Crippen LogP contribution in [0.25, 0.3) is 0 Å². The molecule has 1 aliphatic carbocycles. The lowest BCUT2D eigenvalue weighted by molar-refractivity contribution is -0.145. The first kappa shape index (κ1) is 13.5. The summed E-state index contributed by atoms with van der Waals surface area (Å²) in [4.78, 5) is 11.3. The van der Waals surface area contributed by atoms with Crippen LogP contribution in [0, 0.1) is 5.41 Å².